The minimum atomic E-state index is 0.168. The highest BCUT2D eigenvalue weighted by Crippen LogP contribution is 2.31. The van der Waals surface area contributed by atoms with Crippen LogP contribution in [-0.4, -0.2) is 17.4 Å². The average Bonchev–Trinajstić information content (AvgIpc) is 2.63. The highest BCUT2D eigenvalue weighted by atomic mass is 16.2. The van der Waals surface area contributed by atoms with E-state index in [2.05, 4.69) is 5.92 Å². The summed E-state index contributed by atoms with van der Waals surface area (Å²) in [6, 6.07) is 10.2. The number of likely N-dealkylation sites (tertiary alicyclic amines) is 1. The minimum absolute atomic E-state index is 0.168. The van der Waals surface area contributed by atoms with E-state index in [1.54, 1.807) is 4.90 Å². The van der Waals surface area contributed by atoms with Gasteiger partial charge in [0.2, 0.25) is 5.91 Å². The normalized spacial score (nSPS) is 20.3. The topological polar surface area (TPSA) is 20.3 Å². The number of benzene rings is 1. The SMILES string of the molecule is C#CCN1C(=O)CC[C@H]1c1ccccc1. The largest absolute Gasteiger partial charge is 0.325 e. The molecule has 2 rings (SSSR count). The van der Waals surface area contributed by atoms with Crippen LogP contribution in [0.1, 0.15) is 24.4 Å². The second-order valence-electron chi connectivity index (χ2n) is 3.69. The number of hydrogen-bond donors (Lipinski definition) is 0. The van der Waals surface area contributed by atoms with Crippen molar-refractivity contribution in [2.75, 3.05) is 6.54 Å². The van der Waals surface area contributed by atoms with Gasteiger partial charge < -0.3 is 4.90 Å². The van der Waals surface area contributed by atoms with Crippen molar-refractivity contribution in [1.29, 1.82) is 0 Å². The van der Waals surface area contributed by atoms with Crippen molar-refractivity contribution in [2.45, 2.75) is 18.9 Å². The summed E-state index contributed by atoms with van der Waals surface area (Å²) in [6.07, 6.45) is 6.76. The molecule has 1 saturated heterocycles. The molecule has 0 spiro atoms. The standard InChI is InChI=1S/C13H13NO/c1-2-10-14-12(8-9-13(14)15)11-6-4-3-5-7-11/h1,3-7,12H,8-10H2/t12-/m0/s1. The van der Waals surface area contributed by atoms with Crippen LogP contribution in [0, 0.1) is 12.3 Å². The van der Waals surface area contributed by atoms with Gasteiger partial charge in [-0.15, -0.1) is 6.42 Å². The monoisotopic (exact) mass is 199 g/mol. The summed E-state index contributed by atoms with van der Waals surface area (Å²) in [5.74, 6) is 2.71. The van der Waals surface area contributed by atoms with Gasteiger partial charge in [0, 0.05) is 6.42 Å². The van der Waals surface area contributed by atoms with Crippen LogP contribution in [0.15, 0.2) is 30.3 Å². The Morgan fingerprint density at radius 2 is 2.13 bits per heavy atom. The Morgan fingerprint density at radius 3 is 2.80 bits per heavy atom. The predicted molar refractivity (Wildman–Crippen MR) is 59.0 cm³/mol. The predicted octanol–water partition coefficient (Wildman–Crippen LogP) is 1.98. The fourth-order valence-corrected chi connectivity index (χ4v) is 2.05. The summed E-state index contributed by atoms with van der Waals surface area (Å²) < 4.78 is 0. The summed E-state index contributed by atoms with van der Waals surface area (Å²) in [6.45, 7) is 0.415. The molecule has 1 fully saturated rings. The summed E-state index contributed by atoms with van der Waals surface area (Å²) in [7, 11) is 0. The lowest BCUT2D eigenvalue weighted by Gasteiger charge is -2.22. The van der Waals surface area contributed by atoms with Gasteiger partial charge in [-0.2, -0.15) is 0 Å². The first-order valence-corrected chi connectivity index (χ1v) is 5.11. The molecule has 1 aliphatic rings. The lowest BCUT2D eigenvalue weighted by Crippen LogP contribution is -2.27. The molecule has 15 heavy (non-hydrogen) atoms. The lowest BCUT2D eigenvalue weighted by atomic mass is 10.1. The van der Waals surface area contributed by atoms with Gasteiger partial charge in [0.15, 0.2) is 0 Å². The first-order valence-electron chi connectivity index (χ1n) is 5.11. The van der Waals surface area contributed by atoms with Gasteiger partial charge in [0.25, 0.3) is 0 Å². The molecule has 0 radical (unpaired) electrons. The summed E-state index contributed by atoms with van der Waals surface area (Å²) in [5.41, 5.74) is 1.18. The molecule has 76 valence electrons. The third-order valence-corrected chi connectivity index (χ3v) is 2.77. The Morgan fingerprint density at radius 1 is 1.40 bits per heavy atom. The number of rotatable bonds is 2. The summed E-state index contributed by atoms with van der Waals surface area (Å²) in [5, 5.41) is 0. The zero-order chi connectivity index (χ0) is 10.7. The van der Waals surface area contributed by atoms with E-state index >= 15 is 0 Å². The van der Waals surface area contributed by atoms with Crippen molar-refractivity contribution in [2.24, 2.45) is 0 Å². The molecular formula is C13H13NO. The van der Waals surface area contributed by atoms with Gasteiger partial charge in [0.1, 0.15) is 0 Å². The number of terminal acetylenes is 1. The van der Waals surface area contributed by atoms with Crippen LogP contribution in [0.3, 0.4) is 0 Å². The summed E-state index contributed by atoms with van der Waals surface area (Å²) in [4.78, 5) is 13.4. The number of hydrogen-bond acceptors (Lipinski definition) is 1. The molecule has 1 amide bonds. The van der Waals surface area contributed by atoms with Crippen LogP contribution >= 0.6 is 0 Å². The van der Waals surface area contributed by atoms with Crippen LogP contribution in [0.2, 0.25) is 0 Å². The molecule has 1 heterocycles. The molecule has 0 aliphatic carbocycles. The zero-order valence-corrected chi connectivity index (χ0v) is 8.52. The molecular weight excluding hydrogens is 186 g/mol. The van der Waals surface area contributed by atoms with E-state index in [-0.39, 0.29) is 11.9 Å². The Hall–Kier alpha value is -1.75. The number of carbonyl (C=O) groups excluding carboxylic acids is 1. The lowest BCUT2D eigenvalue weighted by molar-refractivity contribution is -0.128. The van der Waals surface area contributed by atoms with Gasteiger partial charge in [-0.1, -0.05) is 36.3 Å². The molecule has 2 nitrogen and oxygen atoms in total. The molecule has 1 aromatic rings. The Kier molecular flexibility index (Phi) is 2.73. The van der Waals surface area contributed by atoms with E-state index < -0.39 is 0 Å². The molecule has 1 aliphatic heterocycles. The van der Waals surface area contributed by atoms with Gasteiger partial charge in [-0.3, -0.25) is 4.79 Å². The molecule has 0 saturated carbocycles. The van der Waals surface area contributed by atoms with Gasteiger partial charge in [-0.05, 0) is 12.0 Å². The fourth-order valence-electron chi connectivity index (χ4n) is 2.05. The Balaban J connectivity index is 2.23. The highest BCUT2D eigenvalue weighted by Gasteiger charge is 2.30. The van der Waals surface area contributed by atoms with Gasteiger partial charge in [0.05, 0.1) is 12.6 Å². The van der Waals surface area contributed by atoms with Crippen molar-refractivity contribution in [3.8, 4) is 12.3 Å². The van der Waals surface area contributed by atoms with Crippen molar-refractivity contribution in [3.05, 3.63) is 35.9 Å². The third kappa shape index (κ3) is 1.87. The van der Waals surface area contributed by atoms with Crippen molar-refractivity contribution < 1.29 is 4.79 Å². The third-order valence-electron chi connectivity index (χ3n) is 2.77. The quantitative estimate of drug-likeness (QED) is 0.667. The van der Waals surface area contributed by atoms with Crippen LogP contribution < -0.4 is 0 Å². The Bertz CT molecular complexity index is 391. The van der Waals surface area contributed by atoms with Gasteiger partial charge >= 0.3 is 0 Å². The molecule has 2 heteroatoms. The zero-order valence-electron chi connectivity index (χ0n) is 8.52. The van der Waals surface area contributed by atoms with E-state index in [1.165, 1.54) is 5.56 Å². The van der Waals surface area contributed by atoms with Crippen LogP contribution in [0.4, 0.5) is 0 Å². The number of nitrogens with zero attached hydrogens (tertiary/aromatic N) is 1. The second kappa shape index (κ2) is 4.18. The summed E-state index contributed by atoms with van der Waals surface area (Å²) >= 11 is 0. The van der Waals surface area contributed by atoms with Crippen molar-refractivity contribution in [3.63, 3.8) is 0 Å². The van der Waals surface area contributed by atoms with E-state index in [0.717, 1.165) is 6.42 Å². The van der Waals surface area contributed by atoms with E-state index in [4.69, 9.17) is 6.42 Å². The molecule has 0 aromatic heterocycles. The van der Waals surface area contributed by atoms with Crippen LogP contribution in [0.25, 0.3) is 0 Å². The first kappa shape index (κ1) is 9.79. The maximum atomic E-state index is 11.6. The van der Waals surface area contributed by atoms with Crippen molar-refractivity contribution >= 4 is 5.91 Å². The molecule has 0 bridgehead atoms. The molecule has 1 atom stereocenters. The first-order chi connectivity index (χ1) is 7.33. The molecule has 0 N–H and O–H groups in total. The van der Waals surface area contributed by atoms with Crippen molar-refractivity contribution in [1.82, 2.24) is 4.90 Å². The molecule has 0 unspecified atom stereocenters. The maximum Gasteiger partial charge on any atom is 0.223 e. The average molecular weight is 199 g/mol. The van der Waals surface area contributed by atoms with E-state index in [1.807, 2.05) is 30.3 Å². The van der Waals surface area contributed by atoms with Gasteiger partial charge in [-0.25, -0.2) is 0 Å². The van der Waals surface area contributed by atoms with E-state index in [0.29, 0.717) is 13.0 Å². The maximum absolute atomic E-state index is 11.6. The molecule has 1 aromatic carbocycles. The second-order valence-corrected chi connectivity index (χ2v) is 3.69. The van der Waals surface area contributed by atoms with E-state index in [9.17, 15) is 4.79 Å². The minimum Gasteiger partial charge on any atom is -0.325 e. The smallest absolute Gasteiger partial charge is 0.223 e. The number of amides is 1. The van der Waals surface area contributed by atoms with Crippen LogP contribution in [0.5, 0.6) is 0 Å². The Labute approximate surface area is 89.9 Å². The number of carbonyl (C=O) groups is 1. The van der Waals surface area contributed by atoms with Crippen LogP contribution in [-0.2, 0) is 4.79 Å². The fraction of sp³-hybridized carbons (Fsp3) is 0.308. The highest BCUT2D eigenvalue weighted by molar-refractivity contribution is 5.79.